The molecule has 102 valence electrons. The van der Waals surface area contributed by atoms with Gasteiger partial charge in [-0.2, -0.15) is 18.3 Å². The van der Waals surface area contributed by atoms with E-state index in [0.717, 1.165) is 0 Å². The molecule has 2 aromatic heterocycles. The van der Waals surface area contributed by atoms with E-state index in [-0.39, 0.29) is 5.65 Å². The minimum Gasteiger partial charge on any atom is -0.306 e. The first-order chi connectivity index (χ1) is 9.47. The van der Waals surface area contributed by atoms with Crippen LogP contribution in [-0.2, 0) is 6.18 Å². The summed E-state index contributed by atoms with van der Waals surface area (Å²) < 4.78 is 39.4. The molecule has 0 amide bonds. The molecular weight excluding hydrogens is 271 g/mol. The van der Waals surface area contributed by atoms with Crippen molar-refractivity contribution in [2.75, 3.05) is 0 Å². The summed E-state index contributed by atoms with van der Waals surface area (Å²) in [6.45, 7) is 0. The van der Waals surface area contributed by atoms with Gasteiger partial charge in [0, 0.05) is 11.6 Å². The number of nitrogens with one attached hydrogen (secondary N) is 1. The fourth-order valence-electron chi connectivity index (χ4n) is 2.02. The first kappa shape index (κ1) is 12.5. The summed E-state index contributed by atoms with van der Waals surface area (Å²) in [7, 11) is 0. The molecule has 1 aromatic carbocycles. The number of benzene rings is 1. The third kappa shape index (κ3) is 1.97. The number of hydrogen-bond donors (Lipinski definition) is 1. The Hall–Kier alpha value is -2.57. The lowest BCUT2D eigenvalue weighted by Crippen LogP contribution is -2.19. The summed E-state index contributed by atoms with van der Waals surface area (Å²) in [6, 6.07) is 9.26. The molecule has 0 aliphatic rings. The molecule has 0 atom stereocenters. The molecule has 0 aliphatic heterocycles. The monoisotopic (exact) mass is 279 g/mol. The van der Waals surface area contributed by atoms with Crippen molar-refractivity contribution in [1.29, 1.82) is 0 Å². The molecule has 0 unspecified atom stereocenters. The van der Waals surface area contributed by atoms with E-state index in [9.17, 15) is 18.0 Å². The van der Waals surface area contributed by atoms with E-state index in [1.54, 1.807) is 30.3 Å². The Balaban J connectivity index is 2.34. The van der Waals surface area contributed by atoms with Crippen molar-refractivity contribution in [2.24, 2.45) is 0 Å². The predicted molar refractivity (Wildman–Crippen MR) is 66.3 cm³/mol. The SMILES string of the molecule is O=c1cc(C(F)(F)F)n2ncc(-c3ccccc3)c2[nH]1. The zero-order valence-electron chi connectivity index (χ0n) is 9.98. The zero-order chi connectivity index (χ0) is 14.3. The van der Waals surface area contributed by atoms with Gasteiger partial charge in [0.05, 0.1) is 6.20 Å². The molecule has 4 nitrogen and oxygen atoms in total. The molecule has 1 N–H and O–H groups in total. The van der Waals surface area contributed by atoms with E-state index < -0.39 is 17.4 Å². The third-order valence-electron chi connectivity index (χ3n) is 2.88. The molecule has 0 fully saturated rings. The summed E-state index contributed by atoms with van der Waals surface area (Å²) in [5.41, 5.74) is -0.775. The minimum absolute atomic E-state index is 0.0241. The normalized spacial score (nSPS) is 11.9. The number of rotatable bonds is 1. The highest BCUT2D eigenvalue weighted by Gasteiger charge is 2.35. The largest absolute Gasteiger partial charge is 0.433 e. The van der Waals surface area contributed by atoms with Gasteiger partial charge in [-0.1, -0.05) is 30.3 Å². The molecule has 7 heteroatoms. The van der Waals surface area contributed by atoms with E-state index >= 15 is 0 Å². The molecule has 0 radical (unpaired) electrons. The van der Waals surface area contributed by atoms with Gasteiger partial charge in [0.25, 0.3) is 5.56 Å². The van der Waals surface area contributed by atoms with Gasteiger partial charge in [0.1, 0.15) is 5.65 Å². The molecule has 0 saturated heterocycles. The second-order valence-electron chi connectivity index (χ2n) is 4.20. The van der Waals surface area contributed by atoms with Crippen molar-refractivity contribution in [1.82, 2.24) is 14.6 Å². The average molecular weight is 279 g/mol. The first-order valence-corrected chi connectivity index (χ1v) is 5.70. The molecule has 2 heterocycles. The molecular formula is C13H8F3N3O. The lowest BCUT2D eigenvalue weighted by atomic mass is 10.1. The van der Waals surface area contributed by atoms with Gasteiger partial charge in [-0.05, 0) is 5.56 Å². The summed E-state index contributed by atoms with van der Waals surface area (Å²) in [5.74, 6) is 0. The van der Waals surface area contributed by atoms with E-state index in [0.29, 0.717) is 21.7 Å². The summed E-state index contributed by atoms with van der Waals surface area (Å²) >= 11 is 0. The summed E-state index contributed by atoms with van der Waals surface area (Å²) in [4.78, 5) is 13.8. The quantitative estimate of drug-likeness (QED) is 0.744. The lowest BCUT2D eigenvalue weighted by Gasteiger charge is -2.08. The molecule has 0 bridgehead atoms. The van der Waals surface area contributed by atoms with Crippen LogP contribution in [-0.4, -0.2) is 14.6 Å². The van der Waals surface area contributed by atoms with Crippen molar-refractivity contribution in [2.45, 2.75) is 6.18 Å². The van der Waals surface area contributed by atoms with Crippen LogP contribution < -0.4 is 5.56 Å². The Kier molecular flexibility index (Phi) is 2.63. The van der Waals surface area contributed by atoms with Gasteiger partial charge >= 0.3 is 6.18 Å². The second kappa shape index (κ2) is 4.22. The van der Waals surface area contributed by atoms with E-state index in [1.807, 2.05) is 0 Å². The lowest BCUT2D eigenvalue weighted by molar-refractivity contribution is -0.142. The molecule has 3 rings (SSSR count). The average Bonchev–Trinajstić information content (AvgIpc) is 2.81. The van der Waals surface area contributed by atoms with Crippen LogP contribution >= 0.6 is 0 Å². The second-order valence-corrected chi connectivity index (χ2v) is 4.20. The van der Waals surface area contributed by atoms with Crippen LogP contribution in [0.4, 0.5) is 13.2 Å². The van der Waals surface area contributed by atoms with Gasteiger partial charge in [0.15, 0.2) is 5.69 Å². The fraction of sp³-hybridized carbons (Fsp3) is 0.0769. The number of alkyl halides is 3. The van der Waals surface area contributed by atoms with Gasteiger partial charge in [-0.25, -0.2) is 4.52 Å². The number of H-pyrrole nitrogens is 1. The number of aromatic nitrogens is 3. The standard InChI is InChI=1S/C13H8F3N3O/c14-13(15,16)10-6-11(20)18-12-9(7-17-19(10)12)8-4-2-1-3-5-8/h1-7H,(H,18,20). The highest BCUT2D eigenvalue weighted by atomic mass is 19.4. The van der Waals surface area contributed by atoms with Gasteiger partial charge in [-0.15, -0.1) is 0 Å². The fourth-order valence-corrected chi connectivity index (χ4v) is 2.02. The van der Waals surface area contributed by atoms with Crippen LogP contribution in [0.3, 0.4) is 0 Å². The molecule has 0 saturated carbocycles. The topological polar surface area (TPSA) is 50.2 Å². The summed E-state index contributed by atoms with van der Waals surface area (Å²) in [6.07, 6.45) is -3.34. The Labute approximate surface area is 110 Å². The molecule has 0 spiro atoms. The zero-order valence-corrected chi connectivity index (χ0v) is 9.98. The van der Waals surface area contributed by atoms with Gasteiger partial charge in [-0.3, -0.25) is 4.79 Å². The smallest absolute Gasteiger partial charge is 0.306 e. The van der Waals surface area contributed by atoms with E-state index in [2.05, 4.69) is 10.1 Å². The van der Waals surface area contributed by atoms with Crippen LogP contribution in [0.1, 0.15) is 5.69 Å². The number of aromatic amines is 1. The third-order valence-corrected chi connectivity index (χ3v) is 2.88. The number of hydrogen-bond acceptors (Lipinski definition) is 2. The van der Waals surface area contributed by atoms with Crippen molar-refractivity contribution >= 4 is 5.65 Å². The Bertz CT molecular complexity index is 818. The van der Waals surface area contributed by atoms with E-state index in [4.69, 9.17) is 0 Å². The van der Waals surface area contributed by atoms with Crippen molar-refractivity contribution in [3.05, 3.63) is 58.6 Å². The highest BCUT2D eigenvalue weighted by molar-refractivity contribution is 5.76. The first-order valence-electron chi connectivity index (χ1n) is 5.70. The van der Waals surface area contributed by atoms with Crippen LogP contribution in [0, 0.1) is 0 Å². The van der Waals surface area contributed by atoms with Crippen LogP contribution in [0.2, 0.25) is 0 Å². The van der Waals surface area contributed by atoms with Crippen molar-refractivity contribution in [3.8, 4) is 11.1 Å². The minimum atomic E-state index is -4.65. The number of halogens is 3. The molecule has 20 heavy (non-hydrogen) atoms. The van der Waals surface area contributed by atoms with Crippen molar-refractivity contribution in [3.63, 3.8) is 0 Å². The maximum absolute atomic E-state index is 12.9. The summed E-state index contributed by atoms with van der Waals surface area (Å²) in [5, 5.41) is 3.73. The Morgan fingerprint density at radius 3 is 2.50 bits per heavy atom. The maximum Gasteiger partial charge on any atom is 0.433 e. The predicted octanol–water partition coefficient (Wildman–Crippen LogP) is 2.71. The van der Waals surface area contributed by atoms with E-state index in [1.165, 1.54) is 6.20 Å². The van der Waals surface area contributed by atoms with Crippen LogP contribution in [0.15, 0.2) is 47.4 Å². The number of fused-ring (bicyclic) bond motifs is 1. The van der Waals surface area contributed by atoms with Crippen LogP contribution in [0.5, 0.6) is 0 Å². The number of nitrogens with zero attached hydrogens (tertiary/aromatic N) is 2. The molecule has 3 aromatic rings. The maximum atomic E-state index is 12.9. The van der Waals surface area contributed by atoms with Crippen molar-refractivity contribution < 1.29 is 13.2 Å². The van der Waals surface area contributed by atoms with Gasteiger partial charge in [0.2, 0.25) is 0 Å². The Morgan fingerprint density at radius 1 is 1.15 bits per heavy atom. The Morgan fingerprint density at radius 2 is 1.85 bits per heavy atom. The highest BCUT2D eigenvalue weighted by Crippen LogP contribution is 2.30. The van der Waals surface area contributed by atoms with Gasteiger partial charge < -0.3 is 4.98 Å². The molecule has 0 aliphatic carbocycles. The van der Waals surface area contributed by atoms with Crippen LogP contribution in [0.25, 0.3) is 16.8 Å².